The Morgan fingerprint density at radius 1 is 1.50 bits per heavy atom. The third-order valence-corrected chi connectivity index (χ3v) is 1.07. The molecule has 0 unspecified atom stereocenters. The van der Waals surface area contributed by atoms with E-state index in [4.69, 9.17) is 34.8 Å². The van der Waals surface area contributed by atoms with Crippen molar-refractivity contribution >= 4 is 40.8 Å². The quantitative estimate of drug-likeness (QED) is 0.509. The molecule has 0 aromatic rings. The molecule has 5 heteroatoms. The van der Waals surface area contributed by atoms with Gasteiger partial charge >= 0.3 is 5.97 Å². The smallest absolute Gasteiger partial charge is 0.358 e. The number of rotatable bonds is 2. The molecule has 2 nitrogen and oxygen atoms in total. The summed E-state index contributed by atoms with van der Waals surface area (Å²) in [5, 5.41) is 0. The van der Waals surface area contributed by atoms with Crippen LogP contribution in [-0.4, -0.2) is 16.4 Å². The summed E-state index contributed by atoms with van der Waals surface area (Å²) < 4.78 is 2.50. The predicted octanol–water partition coefficient (Wildman–Crippen LogP) is 2.12. The molecule has 0 aromatic carbocycles. The van der Waals surface area contributed by atoms with Crippen molar-refractivity contribution in [1.29, 1.82) is 0 Å². The van der Waals surface area contributed by atoms with Crippen LogP contribution in [0.15, 0.2) is 0 Å². The topological polar surface area (TPSA) is 26.3 Å². The number of alkyl halides is 3. The maximum Gasteiger partial charge on any atom is 0.358 e. The van der Waals surface area contributed by atoms with Crippen molar-refractivity contribution in [2.75, 3.05) is 6.61 Å². The van der Waals surface area contributed by atoms with E-state index in [1.807, 2.05) is 0 Å². The zero-order valence-electron chi connectivity index (χ0n) is 5.07. The minimum absolute atomic E-state index is 0.173. The second-order valence-electron chi connectivity index (χ2n) is 1.49. The third kappa shape index (κ3) is 4.20. The summed E-state index contributed by atoms with van der Waals surface area (Å²) in [6.07, 6.45) is 0.465. The molecule has 0 atom stereocenters. The van der Waals surface area contributed by atoms with Crippen LogP contribution in [0.4, 0.5) is 0 Å². The zero-order valence-corrected chi connectivity index (χ0v) is 7.34. The lowest BCUT2D eigenvalue weighted by atomic mass is 10.5. The zero-order chi connectivity index (χ0) is 8.20. The van der Waals surface area contributed by atoms with Crippen molar-refractivity contribution < 1.29 is 9.53 Å². The number of carbonyl (C=O) groups is 1. The normalized spacial score (nSPS) is 11.2. The number of esters is 1. The fraction of sp³-hybridized carbons (Fsp3) is 0.600. The Labute approximate surface area is 74.4 Å². The molecule has 1 radical (unpaired) electrons. The predicted molar refractivity (Wildman–Crippen MR) is 41.2 cm³/mol. The van der Waals surface area contributed by atoms with E-state index in [1.165, 1.54) is 0 Å². The lowest BCUT2D eigenvalue weighted by Crippen LogP contribution is -2.22. The molecule has 0 aliphatic rings. The molecule has 0 N–H and O–H groups in total. The first-order valence-electron chi connectivity index (χ1n) is 2.51. The second kappa shape index (κ2) is 4.27. The largest absolute Gasteiger partial charge is 0.463 e. The number of hydrogen-bond acceptors (Lipinski definition) is 2. The van der Waals surface area contributed by atoms with Crippen molar-refractivity contribution in [3.63, 3.8) is 0 Å². The highest BCUT2D eigenvalue weighted by Gasteiger charge is 2.32. The molecule has 0 heterocycles. The monoisotopic (exact) mass is 203 g/mol. The fourth-order valence-electron chi connectivity index (χ4n) is 0.247. The van der Waals surface area contributed by atoms with Gasteiger partial charge in [-0.2, -0.15) is 0 Å². The van der Waals surface area contributed by atoms with Crippen LogP contribution in [0.25, 0.3) is 0 Å². The van der Waals surface area contributed by atoms with E-state index < -0.39 is 9.76 Å². The van der Waals surface area contributed by atoms with Crippen LogP contribution in [0.5, 0.6) is 0 Å². The van der Waals surface area contributed by atoms with Gasteiger partial charge < -0.3 is 4.74 Å². The standard InChI is InChI=1S/C5H6Cl3O2/c1-2-3-10-4(9)5(6,7)8/h1-3H2. The molecule has 0 saturated heterocycles. The van der Waals surface area contributed by atoms with Gasteiger partial charge in [-0.3, -0.25) is 0 Å². The van der Waals surface area contributed by atoms with E-state index in [1.54, 1.807) is 0 Å². The Balaban J connectivity index is 3.64. The number of carbonyl (C=O) groups excluding carboxylic acids is 1. The lowest BCUT2D eigenvalue weighted by Gasteiger charge is -2.08. The van der Waals surface area contributed by atoms with Crippen LogP contribution in [0, 0.1) is 6.92 Å². The van der Waals surface area contributed by atoms with Crippen LogP contribution in [0.1, 0.15) is 6.42 Å². The Morgan fingerprint density at radius 2 is 2.00 bits per heavy atom. The molecule has 0 saturated carbocycles. The minimum atomic E-state index is -1.96. The van der Waals surface area contributed by atoms with Gasteiger partial charge in [0.05, 0.1) is 6.61 Å². The van der Waals surface area contributed by atoms with Crippen LogP contribution < -0.4 is 0 Å². The van der Waals surface area contributed by atoms with Crippen molar-refractivity contribution in [2.24, 2.45) is 0 Å². The summed E-state index contributed by atoms with van der Waals surface area (Å²) >= 11 is 15.5. The summed E-state index contributed by atoms with van der Waals surface area (Å²) in [6, 6.07) is 0. The first-order chi connectivity index (χ1) is 4.48. The van der Waals surface area contributed by atoms with Crippen LogP contribution in [0.3, 0.4) is 0 Å². The minimum Gasteiger partial charge on any atom is -0.463 e. The van der Waals surface area contributed by atoms with Crippen LogP contribution in [-0.2, 0) is 9.53 Å². The summed E-state index contributed by atoms with van der Waals surface area (Å²) in [5.74, 6) is -0.860. The molecule has 0 spiro atoms. The van der Waals surface area contributed by atoms with E-state index in [0.717, 1.165) is 0 Å². The van der Waals surface area contributed by atoms with Gasteiger partial charge in [0.15, 0.2) is 0 Å². The van der Waals surface area contributed by atoms with Crippen molar-refractivity contribution in [3.8, 4) is 0 Å². The number of halogens is 3. The summed E-state index contributed by atoms with van der Waals surface area (Å²) in [4.78, 5) is 10.6. The van der Waals surface area contributed by atoms with E-state index in [9.17, 15) is 4.79 Å². The van der Waals surface area contributed by atoms with Gasteiger partial charge in [0.25, 0.3) is 3.79 Å². The van der Waals surface area contributed by atoms with Gasteiger partial charge in [0, 0.05) is 0 Å². The molecular weight excluding hydrogens is 198 g/mol. The molecule has 0 bridgehead atoms. The Morgan fingerprint density at radius 3 is 2.30 bits per heavy atom. The van der Waals surface area contributed by atoms with Gasteiger partial charge in [-0.1, -0.05) is 34.8 Å². The van der Waals surface area contributed by atoms with Gasteiger partial charge in [-0.05, 0) is 13.3 Å². The Hall–Kier alpha value is 0.340. The van der Waals surface area contributed by atoms with E-state index in [-0.39, 0.29) is 6.61 Å². The molecule has 0 aliphatic carbocycles. The van der Waals surface area contributed by atoms with Gasteiger partial charge in [-0.25, -0.2) is 4.79 Å². The molecular formula is C5H6Cl3O2. The number of ether oxygens (including phenoxy) is 1. The molecule has 0 aromatic heterocycles. The van der Waals surface area contributed by atoms with Crippen molar-refractivity contribution in [2.45, 2.75) is 10.2 Å². The average Bonchev–Trinajstić information content (AvgIpc) is 1.80. The maximum atomic E-state index is 10.6. The Kier molecular flexibility index (Phi) is 4.41. The highest BCUT2D eigenvalue weighted by atomic mass is 35.6. The first kappa shape index (κ1) is 10.3. The summed E-state index contributed by atoms with van der Waals surface area (Å²) in [6.45, 7) is 3.61. The van der Waals surface area contributed by atoms with Crippen LogP contribution in [0.2, 0.25) is 0 Å². The molecule has 0 rings (SSSR count). The third-order valence-electron chi connectivity index (χ3n) is 0.609. The van der Waals surface area contributed by atoms with Crippen molar-refractivity contribution in [1.82, 2.24) is 0 Å². The maximum absolute atomic E-state index is 10.6. The SMILES string of the molecule is [CH2]CCOC(=O)C(Cl)(Cl)Cl. The first-order valence-corrected chi connectivity index (χ1v) is 3.65. The highest BCUT2D eigenvalue weighted by molar-refractivity contribution is 6.75. The van der Waals surface area contributed by atoms with Gasteiger partial charge in [0.1, 0.15) is 0 Å². The van der Waals surface area contributed by atoms with Gasteiger partial charge in [0.2, 0.25) is 0 Å². The van der Waals surface area contributed by atoms with Crippen LogP contribution >= 0.6 is 34.8 Å². The van der Waals surface area contributed by atoms with E-state index >= 15 is 0 Å². The fourth-order valence-corrected chi connectivity index (χ4v) is 0.410. The number of hydrogen-bond donors (Lipinski definition) is 0. The summed E-state index contributed by atoms with van der Waals surface area (Å²) in [7, 11) is 0. The molecule has 59 valence electrons. The highest BCUT2D eigenvalue weighted by Crippen LogP contribution is 2.27. The molecule has 0 fully saturated rings. The van der Waals surface area contributed by atoms with Gasteiger partial charge in [-0.15, -0.1) is 0 Å². The van der Waals surface area contributed by atoms with E-state index in [0.29, 0.717) is 6.42 Å². The second-order valence-corrected chi connectivity index (χ2v) is 3.77. The summed E-state index contributed by atoms with van der Waals surface area (Å²) in [5.41, 5.74) is 0. The molecule has 0 aliphatic heterocycles. The molecule has 10 heavy (non-hydrogen) atoms. The molecule has 0 amide bonds. The lowest BCUT2D eigenvalue weighted by molar-refractivity contribution is -0.142. The Bertz CT molecular complexity index is 119. The van der Waals surface area contributed by atoms with E-state index in [2.05, 4.69) is 11.7 Å². The van der Waals surface area contributed by atoms with Crippen molar-refractivity contribution in [3.05, 3.63) is 6.92 Å². The average molecular weight is 204 g/mol.